The minimum atomic E-state index is 1.11. The van der Waals surface area contributed by atoms with E-state index >= 15 is 0 Å². The highest BCUT2D eigenvalue weighted by atomic mass is 32.1. The van der Waals surface area contributed by atoms with Gasteiger partial charge in [-0.3, -0.25) is 0 Å². The molecule has 1 heterocycles. The maximum absolute atomic E-state index is 2.32. The Balaban J connectivity index is 2.20. The molecule has 0 aliphatic carbocycles. The van der Waals surface area contributed by atoms with E-state index in [4.69, 9.17) is 0 Å². The Bertz CT molecular complexity index is 217. The molecular weight excluding hydrogens is 201 g/mol. The van der Waals surface area contributed by atoms with E-state index in [0.29, 0.717) is 0 Å². The van der Waals surface area contributed by atoms with Crippen LogP contribution in [0.3, 0.4) is 0 Å². The summed E-state index contributed by atoms with van der Waals surface area (Å²) in [5, 5.41) is 3.46. The van der Waals surface area contributed by atoms with Crippen LogP contribution in [0.15, 0.2) is 0 Å². The number of hydrogen-bond acceptors (Lipinski definition) is 0. The van der Waals surface area contributed by atoms with Gasteiger partial charge in [0, 0.05) is 0 Å². The molecule has 0 aliphatic rings. The maximum atomic E-state index is 2.32. The Hall–Kier alpha value is 0.640. The summed E-state index contributed by atoms with van der Waals surface area (Å²) in [6.07, 6.45) is 7.02. The normalized spacial score (nSPS) is 12.5. The van der Waals surface area contributed by atoms with Crippen molar-refractivity contribution in [2.24, 2.45) is 0 Å². The van der Waals surface area contributed by atoms with Crippen molar-refractivity contribution < 1.29 is 0 Å². The molecule has 0 spiro atoms. The van der Waals surface area contributed by atoms with E-state index in [1.165, 1.54) is 32.1 Å². The molecule has 68 valence electrons. The third kappa shape index (κ3) is 3.57. The average Bonchev–Trinajstić information content (AvgIpc) is 2.46. The topological polar surface area (TPSA) is 0 Å². The maximum Gasteiger partial charge on any atom is -0.00883 e. The first-order chi connectivity index (χ1) is 5.84. The molecule has 0 N–H and O–H groups in total. The van der Waals surface area contributed by atoms with E-state index in [-0.39, 0.29) is 0 Å². The van der Waals surface area contributed by atoms with Gasteiger partial charge in [0.2, 0.25) is 0 Å². The molecule has 12 heavy (non-hydrogen) atoms. The van der Waals surface area contributed by atoms with E-state index in [0.717, 1.165) is 7.87 Å². The van der Waals surface area contributed by atoms with Gasteiger partial charge in [0.25, 0.3) is 0 Å². The fraction of sp³-hybridized carbons (Fsp3) is 0.778. The van der Waals surface area contributed by atoms with Crippen molar-refractivity contribution >= 4 is 23.3 Å². The molecule has 0 bridgehead atoms. The summed E-state index contributed by atoms with van der Waals surface area (Å²) < 4.78 is 0. The van der Waals surface area contributed by atoms with Crippen LogP contribution in [0.25, 0.3) is 0 Å². The van der Waals surface area contributed by atoms with Crippen molar-refractivity contribution in [1.82, 2.24) is 0 Å². The van der Waals surface area contributed by atoms with Crippen molar-refractivity contribution in [3.05, 3.63) is 10.6 Å². The van der Waals surface area contributed by atoms with Gasteiger partial charge in [-0.05, 0) is 45.8 Å². The summed E-state index contributed by atoms with van der Waals surface area (Å²) in [6.45, 7) is 4.60. The molecule has 0 fully saturated rings. The molecule has 0 aliphatic heterocycles. The van der Waals surface area contributed by atoms with Gasteiger partial charge in [-0.25, -0.2) is 0 Å². The smallest absolute Gasteiger partial charge is 0.00883 e. The SMILES string of the molecule is CCCCCCc1pp[pH]c1C. The van der Waals surface area contributed by atoms with Crippen molar-refractivity contribution in [3.8, 4) is 0 Å². The lowest BCUT2D eigenvalue weighted by Gasteiger charge is -1.98. The number of unbranched alkanes of at least 4 members (excludes halogenated alkanes) is 3. The third-order valence-corrected chi connectivity index (χ3v) is 8.07. The Morgan fingerprint density at radius 3 is 2.67 bits per heavy atom. The van der Waals surface area contributed by atoms with Crippen molar-refractivity contribution in [2.45, 2.75) is 46.0 Å². The number of aryl methyl sites for hydroxylation is 2. The van der Waals surface area contributed by atoms with Crippen LogP contribution in [0.2, 0.25) is 0 Å². The molecule has 0 aromatic carbocycles. The van der Waals surface area contributed by atoms with Crippen LogP contribution in [0.4, 0.5) is 0 Å². The highest BCUT2D eigenvalue weighted by Gasteiger charge is 1.98. The van der Waals surface area contributed by atoms with Crippen LogP contribution in [-0.4, -0.2) is 0 Å². The van der Waals surface area contributed by atoms with Gasteiger partial charge < -0.3 is 0 Å². The molecule has 1 rings (SSSR count). The van der Waals surface area contributed by atoms with Gasteiger partial charge in [0.15, 0.2) is 0 Å². The first kappa shape index (κ1) is 10.7. The molecule has 1 aromatic rings. The fourth-order valence-corrected chi connectivity index (χ4v) is 8.13. The predicted octanol–water partition coefficient (Wildman–Crippen LogP) is 5.31. The Morgan fingerprint density at radius 1 is 1.25 bits per heavy atom. The first-order valence-corrected chi connectivity index (χ1v) is 9.04. The summed E-state index contributed by atoms with van der Waals surface area (Å²) in [4.78, 5) is 0. The van der Waals surface area contributed by atoms with E-state index in [1.807, 2.05) is 0 Å². The quantitative estimate of drug-likeness (QED) is 0.587. The van der Waals surface area contributed by atoms with Crippen LogP contribution in [-0.2, 0) is 6.42 Å². The van der Waals surface area contributed by atoms with Crippen molar-refractivity contribution in [1.29, 1.82) is 0 Å². The third-order valence-electron chi connectivity index (χ3n) is 2.09. The van der Waals surface area contributed by atoms with Gasteiger partial charge in [-0.15, -0.1) is 7.87 Å². The van der Waals surface area contributed by atoms with Gasteiger partial charge in [0.1, 0.15) is 0 Å². The van der Waals surface area contributed by atoms with Gasteiger partial charge in [0.05, 0.1) is 0 Å². The molecule has 1 unspecified atom stereocenters. The van der Waals surface area contributed by atoms with Crippen molar-refractivity contribution in [3.63, 3.8) is 0 Å². The monoisotopic (exact) mass is 218 g/mol. The molecule has 0 amide bonds. The second kappa shape index (κ2) is 6.15. The zero-order valence-corrected chi connectivity index (χ0v) is 10.7. The highest BCUT2D eigenvalue weighted by molar-refractivity contribution is 8.17. The molecule has 0 nitrogen and oxygen atoms in total. The molecular formula is C9H17P3. The van der Waals surface area contributed by atoms with Gasteiger partial charge >= 0.3 is 0 Å². The molecule has 1 atom stereocenters. The van der Waals surface area contributed by atoms with Crippen LogP contribution in [0, 0.1) is 6.92 Å². The minimum Gasteiger partial charge on any atom is -0.102 e. The number of hydrogen-bond donors (Lipinski definition) is 0. The predicted molar refractivity (Wildman–Crippen MR) is 63.6 cm³/mol. The van der Waals surface area contributed by atoms with E-state index in [2.05, 4.69) is 13.8 Å². The zero-order chi connectivity index (χ0) is 8.81. The van der Waals surface area contributed by atoms with Crippen LogP contribution in [0.5, 0.6) is 0 Å². The second-order valence-corrected chi connectivity index (χ2v) is 8.78. The first-order valence-electron chi connectivity index (χ1n) is 4.71. The van der Waals surface area contributed by atoms with E-state index < -0.39 is 0 Å². The summed E-state index contributed by atoms with van der Waals surface area (Å²) in [5.74, 6) is 0. The van der Waals surface area contributed by atoms with Gasteiger partial charge in [-0.2, -0.15) is 0 Å². The summed E-state index contributed by atoms with van der Waals surface area (Å²) in [7, 11) is 4.37. The summed E-state index contributed by atoms with van der Waals surface area (Å²) in [5.41, 5.74) is 0. The summed E-state index contributed by atoms with van der Waals surface area (Å²) in [6, 6.07) is 0. The molecule has 1 aromatic heterocycles. The van der Waals surface area contributed by atoms with Crippen LogP contribution < -0.4 is 0 Å². The van der Waals surface area contributed by atoms with Crippen LogP contribution in [0.1, 0.15) is 43.2 Å². The number of rotatable bonds is 5. The van der Waals surface area contributed by atoms with Crippen molar-refractivity contribution in [2.75, 3.05) is 0 Å². The lowest BCUT2D eigenvalue weighted by Crippen LogP contribution is -1.82. The van der Waals surface area contributed by atoms with Crippen LogP contribution >= 0.6 is 23.3 Å². The van der Waals surface area contributed by atoms with E-state index in [9.17, 15) is 0 Å². The zero-order valence-electron chi connectivity index (χ0n) is 7.93. The average molecular weight is 218 g/mol. The van der Waals surface area contributed by atoms with Gasteiger partial charge in [-0.1, -0.05) is 26.2 Å². The van der Waals surface area contributed by atoms with E-state index in [1.54, 1.807) is 26.0 Å². The highest BCUT2D eigenvalue weighted by Crippen LogP contribution is 2.41. The lowest BCUT2D eigenvalue weighted by atomic mass is 10.1. The minimum absolute atomic E-state index is 1.11. The standard InChI is InChI=1S/C9H17P3/c1-3-4-5-6-7-9-8(2)10-12-11-9/h10H,3-7H2,1-2H3. The Kier molecular flexibility index (Phi) is 5.49. The largest absolute Gasteiger partial charge is 0.102 e. The summed E-state index contributed by atoms with van der Waals surface area (Å²) >= 11 is 0. The molecule has 0 radical (unpaired) electrons. The molecule has 0 saturated heterocycles. The Labute approximate surface area is 80.2 Å². The lowest BCUT2D eigenvalue weighted by molar-refractivity contribution is 0.669. The molecule has 3 heteroatoms. The second-order valence-electron chi connectivity index (χ2n) is 3.19. The molecule has 0 saturated carbocycles. The fourth-order valence-electron chi connectivity index (χ4n) is 1.26. The Morgan fingerprint density at radius 2 is 2.08 bits per heavy atom.